The average molecular weight is 339 g/mol. The molecule has 2 aromatic rings. The lowest BCUT2D eigenvalue weighted by Crippen LogP contribution is -2.28. The molecule has 1 heterocycles. The summed E-state index contributed by atoms with van der Waals surface area (Å²) in [6, 6.07) is 9.71. The smallest absolute Gasteiger partial charge is 0.286 e. The highest BCUT2D eigenvalue weighted by atomic mass is 16.3. The van der Waals surface area contributed by atoms with Gasteiger partial charge in [-0.3, -0.25) is 14.4 Å². The van der Waals surface area contributed by atoms with Gasteiger partial charge in [0, 0.05) is 13.0 Å². The van der Waals surface area contributed by atoms with Gasteiger partial charge in [-0.05, 0) is 24.3 Å². The molecule has 0 aliphatic carbocycles. The molecule has 3 N–H and O–H groups in total. The molecule has 0 spiro atoms. The predicted octanol–water partition coefficient (Wildman–Crippen LogP) is 1.40. The number of rotatable bonds is 7. The summed E-state index contributed by atoms with van der Waals surface area (Å²) in [5.74, 6) is 1.38. The zero-order chi connectivity index (χ0) is 18.1. The number of hydrogen-bond donors (Lipinski definition) is 3. The number of para-hydroxylation sites is 1. The summed E-state index contributed by atoms with van der Waals surface area (Å²) >= 11 is 0. The van der Waals surface area contributed by atoms with E-state index in [1.54, 1.807) is 30.3 Å². The Morgan fingerprint density at radius 2 is 1.84 bits per heavy atom. The van der Waals surface area contributed by atoms with Gasteiger partial charge in [0.25, 0.3) is 11.8 Å². The van der Waals surface area contributed by atoms with Crippen molar-refractivity contribution < 1.29 is 18.8 Å². The van der Waals surface area contributed by atoms with Crippen LogP contribution in [0.1, 0.15) is 27.3 Å². The minimum absolute atomic E-state index is 0.0484. The number of anilines is 1. The first kappa shape index (κ1) is 17.8. The van der Waals surface area contributed by atoms with Gasteiger partial charge in [-0.1, -0.05) is 18.1 Å². The van der Waals surface area contributed by atoms with Crippen molar-refractivity contribution in [2.24, 2.45) is 0 Å². The Morgan fingerprint density at radius 1 is 1.04 bits per heavy atom. The predicted molar refractivity (Wildman–Crippen MR) is 91.9 cm³/mol. The van der Waals surface area contributed by atoms with Gasteiger partial charge in [0.2, 0.25) is 5.91 Å². The van der Waals surface area contributed by atoms with Gasteiger partial charge >= 0.3 is 0 Å². The number of amides is 3. The van der Waals surface area contributed by atoms with Gasteiger partial charge in [-0.15, -0.1) is 6.42 Å². The van der Waals surface area contributed by atoms with Gasteiger partial charge < -0.3 is 20.4 Å². The number of terminal acetylenes is 1. The molecule has 0 aliphatic rings. The summed E-state index contributed by atoms with van der Waals surface area (Å²) in [6.07, 6.45) is 6.55. The first-order chi connectivity index (χ1) is 12.1. The first-order valence-electron chi connectivity index (χ1n) is 7.54. The Morgan fingerprint density at radius 3 is 2.56 bits per heavy atom. The van der Waals surface area contributed by atoms with Crippen LogP contribution in [0.15, 0.2) is 47.1 Å². The van der Waals surface area contributed by atoms with Crippen LogP contribution in [0.3, 0.4) is 0 Å². The second kappa shape index (κ2) is 8.93. The Labute approximate surface area is 144 Å². The maximum absolute atomic E-state index is 12.0. The maximum Gasteiger partial charge on any atom is 0.286 e. The Hall–Kier alpha value is -3.53. The molecule has 2 rings (SSSR count). The van der Waals surface area contributed by atoms with Crippen LogP contribution < -0.4 is 16.0 Å². The average Bonchev–Trinajstić information content (AvgIpc) is 3.14. The van der Waals surface area contributed by atoms with Gasteiger partial charge in [-0.25, -0.2) is 0 Å². The van der Waals surface area contributed by atoms with Crippen LogP contribution in [-0.4, -0.2) is 30.8 Å². The number of carbonyl (C=O) groups is 3. The molecule has 25 heavy (non-hydrogen) atoms. The zero-order valence-electron chi connectivity index (χ0n) is 13.4. The molecule has 0 aliphatic heterocycles. The number of furan rings is 1. The number of hydrogen-bond acceptors (Lipinski definition) is 4. The van der Waals surface area contributed by atoms with Gasteiger partial charge in [0.15, 0.2) is 5.76 Å². The van der Waals surface area contributed by atoms with Gasteiger partial charge in [-0.2, -0.15) is 0 Å². The summed E-state index contributed by atoms with van der Waals surface area (Å²) in [7, 11) is 0. The van der Waals surface area contributed by atoms with E-state index >= 15 is 0 Å². The molecule has 0 atom stereocenters. The van der Waals surface area contributed by atoms with Gasteiger partial charge in [0.05, 0.1) is 24.1 Å². The molecule has 0 bridgehead atoms. The molecule has 0 fully saturated rings. The number of nitrogens with one attached hydrogen (secondary N) is 3. The fraction of sp³-hybridized carbons (Fsp3) is 0.167. The molecule has 1 aromatic heterocycles. The fourth-order valence-electron chi connectivity index (χ4n) is 2.01. The molecule has 128 valence electrons. The van der Waals surface area contributed by atoms with Crippen molar-refractivity contribution in [3.8, 4) is 12.3 Å². The quantitative estimate of drug-likeness (QED) is 0.664. The number of carbonyl (C=O) groups excluding carboxylic acids is 3. The largest absolute Gasteiger partial charge is 0.459 e. The van der Waals surface area contributed by atoms with Crippen molar-refractivity contribution in [2.45, 2.75) is 6.42 Å². The van der Waals surface area contributed by atoms with Crippen LogP contribution in [0, 0.1) is 12.3 Å². The fourth-order valence-corrected chi connectivity index (χ4v) is 2.01. The third-order valence-corrected chi connectivity index (χ3v) is 3.18. The second-order valence-corrected chi connectivity index (χ2v) is 4.96. The van der Waals surface area contributed by atoms with Crippen LogP contribution in [0.2, 0.25) is 0 Å². The molecule has 0 radical (unpaired) electrons. The maximum atomic E-state index is 12.0. The van der Waals surface area contributed by atoms with E-state index in [9.17, 15) is 14.4 Å². The van der Waals surface area contributed by atoms with Crippen LogP contribution >= 0.6 is 0 Å². The molecule has 3 amide bonds. The summed E-state index contributed by atoms with van der Waals surface area (Å²) in [5.41, 5.74) is 0.685. The van der Waals surface area contributed by atoms with E-state index in [2.05, 4.69) is 21.9 Å². The van der Waals surface area contributed by atoms with Crippen molar-refractivity contribution in [3.63, 3.8) is 0 Å². The van der Waals surface area contributed by atoms with Crippen molar-refractivity contribution >= 4 is 23.4 Å². The van der Waals surface area contributed by atoms with Gasteiger partial charge in [0.1, 0.15) is 0 Å². The highest BCUT2D eigenvalue weighted by molar-refractivity contribution is 6.03. The normalized spacial score (nSPS) is 9.72. The summed E-state index contributed by atoms with van der Waals surface area (Å²) in [6.45, 7) is 0.233. The van der Waals surface area contributed by atoms with Crippen LogP contribution in [0.4, 0.5) is 5.69 Å². The van der Waals surface area contributed by atoms with E-state index in [-0.39, 0.29) is 37.1 Å². The minimum atomic E-state index is -0.396. The van der Waals surface area contributed by atoms with E-state index in [0.29, 0.717) is 11.3 Å². The zero-order valence-corrected chi connectivity index (χ0v) is 13.4. The molecule has 0 saturated heterocycles. The van der Waals surface area contributed by atoms with E-state index in [0.717, 1.165) is 0 Å². The third-order valence-electron chi connectivity index (χ3n) is 3.18. The minimum Gasteiger partial charge on any atom is -0.459 e. The first-order valence-corrected chi connectivity index (χ1v) is 7.54. The van der Waals surface area contributed by atoms with Crippen LogP contribution in [0.25, 0.3) is 0 Å². The highest BCUT2D eigenvalue weighted by Gasteiger charge is 2.13. The van der Waals surface area contributed by atoms with Crippen molar-refractivity contribution in [1.82, 2.24) is 10.6 Å². The monoisotopic (exact) mass is 339 g/mol. The molecule has 1 aromatic carbocycles. The van der Waals surface area contributed by atoms with Crippen molar-refractivity contribution in [3.05, 3.63) is 54.0 Å². The SMILES string of the molecule is C#CCNC(=O)c1ccccc1NC(=O)CCNC(=O)c1ccco1. The number of benzene rings is 1. The topological polar surface area (TPSA) is 100 Å². The molecular formula is C18H17N3O4. The van der Waals surface area contributed by atoms with Crippen molar-refractivity contribution in [1.29, 1.82) is 0 Å². The molecule has 0 saturated carbocycles. The standard InChI is InChI=1S/C18H17N3O4/c1-2-10-19-17(23)13-6-3-4-7-14(13)21-16(22)9-11-20-18(24)15-8-5-12-25-15/h1,3-8,12H,9-11H2,(H,19,23)(H,20,24)(H,21,22). The van der Waals surface area contributed by atoms with Crippen LogP contribution in [-0.2, 0) is 4.79 Å². The molecular weight excluding hydrogens is 322 g/mol. The molecule has 7 nitrogen and oxygen atoms in total. The lowest BCUT2D eigenvalue weighted by atomic mass is 10.1. The lowest BCUT2D eigenvalue weighted by molar-refractivity contribution is -0.116. The van der Waals surface area contributed by atoms with E-state index in [4.69, 9.17) is 10.8 Å². The van der Waals surface area contributed by atoms with Crippen molar-refractivity contribution in [2.75, 3.05) is 18.4 Å². The van der Waals surface area contributed by atoms with E-state index < -0.39 is 5.91 Å². The summed E-state index contributed by atoms with van der Waals surface area (Å²) in [4.78, 5) is 35.7. The Balaban J connectivity index is 1.87. The summed E-state index contributed by atoms with van der Waals surface area (Å²) < 4.78 is 4.95. The van der Waals surface area contributed by atoms with E-state index in [1.165, 1.54) is 12.3 Å². The lowest BCUT2D eigenvalue weighted by Gasteiger charge is -2.10. The second-order valence-electron chi connectivity index (χ2n) is 4.96. The Bertz CT molecular complexity index is 791. The summed E-state index contributed by atoms with van der Waals surface area (Å²) in [5, 5.41) is 7.76. The van der Waals surface area contributed by atoms with Crippen LogP contribution in [0.5, 0.6) is 0 Å². The van der Waals surface area contributed by atoms with E-state index in [1.807, 2.05) is 0 Å². The third kappa shape index (κ3) is 5.25. The molecule has 7 heteroatoms. The molecule has 0 unspecified atom stereocenters. The highest BCUT2D eigenvalue weighted by Crippen LogP contribution is 2.15. The Kier molecular flexibility index (Phi) is 6.37.